The van der Waals surface area contributed by atoms with Crippen LogP contribution < -0.4 is 5.32 Å². The molecule has 0 saturated heterocycles. The maximum atomic E-state index is 9.91. The summed E-state index contributed by atoms with van der Waals surface area (Å²) in [6, 6.07) is 29.7. The van der Waals surface area contributed by atoms with Crippen molar-refractivity contribution in [2.75, 3.05) is 5.32 Å². The molecule has 1 aliphatic heterocycles. The monoisotopic (exact) mass is 364 g/mol. The number of para-hydroxylation sites is 1. The van der Waals surface area contributed by atoms with Gasteiger partial charge < -0.3 is 5.32 Å². The Morgan fingerprint density at radius 2 is 1.59 bits per heavy atom. The Hall–Kier alpha value is -3.22. The number of fused-ring (bicyclic) bond motifs is 3. The van der Waals surface area contributed by atoms with Gasteiger partial charge in [0.1, 0.15) is 6.07 Å². The molecule has 0 radical (unpaired) electrons. The van der Waals surface area contributed by atoms with E-state index < -0.39 is 0 Å². The van der Waals surface area contributed by atoms with Crippen LogP contribution in [0.3, 0.4) is 0 Å². The van der Waals surface area contributed by atoms with Crippen molar-refractivity contribution in [3.05, 3.63) is 95.6 Å². The summed E-state index contributed by atoms with van der Waals surface area (Å²) in [5.41, 5.74) is 5.03. The maximum Gasteiger partial charge on any atom is 0.102 e. The van der Waals surface area contributed by atoms with Crippen molar-refractivity contribution < 1.29 is 0 Å². The van der Waals surface area contributed by atoms with E-state index in [2.05, 4.69) is 78.1 Å². The fourth-order valence-electron chi connectivity index (χ4n) is 3.67. The van der Waals surface area contributed by atoms with Crippen LogP contribution in [0.15, 0.2) is 88.7 Å². The van der Waals surface area contributed by atoms with Crippen molar-refractivity contribution >= 4 is 33.9 Å². The van der Waals surface area contributed by atoms with Crippen LogP contribution in [0.5, 0.6) is 0 Å². The standard InChI is InChI=1S/C24H16N2S/c25-15-20-18(14-17-8-5-7-16-6-1-2-9-19(16)17)12-13-23-24(20)26-21-10-3-4-11-22(21)27-23/h1-13,26H,14H2. The second-order valence-corrected chi connectivity index (χ2v) is 7.71. The summed E-state index contributed by atoms with van der Waals surface area (Å²) in [5.74, 6) is 0. The average molecular weight is 364 g/mol. The Kier molecular flexibility index (Phi) is 3.85. The van der Waals surface area contributed by atoms with Crippen molar-refractivity contribution in [3.63, 3.8) is 0 Å². The van der Waals surface area contributed by atoms with Crippen molar-refractivity contribution in [2.24, 2.45) is 0 Å². The van der Waals surface area contributed by atoms with E-state index in [1.807, 2.05) is 12.1 Å². The predicted octanol–water partition coefficient (Wildman–Crippen LogP) is 6.51. The van der Waals surface area contributed by atoms with Gasteiger partial charge in [-0.25, -0.2) is 0 Å². The summed E-state index contributed by atoms with van der Waals surface area (Å²) in [7, 11) is 0. The third kappa shape index (κ3) is 2.75. The number of hydrogen-bond donors (Lipinski definition) is 1. The SMILES string of the molecule is N#Cc1c(Cc2cccc3ccccc23)ccc2c1Nc1ccccc1S2. The first-order chi connectivity index (χ1) is 13.3. The van der Waals surface area contributed by atoms with Gasteiger partial charge in [-0.05, 0) is 46.5 Å². The zero-order valence-corrected chi connectivity index (χ0v) is 15.4. The minimum absolute atomic E-state index is 0.738. The van der Waals surface area contributed by atoms with Gasteiger partial charge in [0.15, 0.2) is 0 Å². The molecule has 0 unspecified atom stereocenters. The van der Waals surface area contributed by atoms with E-state index in [9.17, 15) is 5.26 Å². The molecule has 2 nitrogen and oxygen atoms in total. The largest absolute Gasteiger partial charge is 0.353 e. The van der Waals surface area contributed by atoms with Crippen LogP contribution in [0, 0.1) is 11.3 Å². The molecule has 0 spiro atoms. The van der Waals surface area contributed by atoms with E-state index in [0.717, 1.165) is 33.8 Å². The smallest absolute Gasteiger partial charge is 0.102 e. The van der Waals surface area contributed by atoms with Gasteiger partial charge in [-0.2, -0.15) is 5.26 Å². The third-order valence-corrected chi connectivity index (χ3v) is 6.13. The maximum absolute atomic E-state index is 9.91. The van der Waals surface area contributed by atoms with Crippen LogP contribution in [0.25, 0.3) is 10.8 Å². The summed E-state index contributed by atoms with van der Waals surface area (Å²) < 4.78 is 0. The summed E-state index contributed by atoms with van der Waals surface area (Å²) in [6.45, 7) is 0. The number of nitrogens with zero attached hydrogens (tertiary/aromatic N) is 1. The second-order valence-electron chi connectivity index (χ2n) is 6.62. The Balaban J connectivity index is 1.60. The Morgan fingerprint density at radius 3 is 2.52 bits per heavy atom. The van der Waals surface area contributed by atoms with Gasteiger partial charge in [-0.15, -0.1) is 0 Å². The number of nitrogens with one attached hydrogen (secondary N) is 1. The van der Waals surface area contributed by atoms with E-state index in [4.69, 9.17) is 0 Å². The number of nitriles is 1. The summed E-state index contributed by atoms with van der Waals surface area (Å²) >= 11 is 1.72. The number of rotatable bonds is 2. The number of anilines is 2. The van der Waals surface area contributed by atoms with Crippen LogP contribution in [0.4, 0.5) is 11.4 Å². The molecule has 4 aromatic rings. The molecule has 0 aliphatic carbocycles. The quantitative estimate of drug-likeness (QED) is 0.388. The first-order valence-electron chi connectivity index (χ1n) is 8.90. The van der Waals surface area contributed by atoms with Crippen LogP contribution in [-0.4, -0.2) is 0 Å². The van der Waals surface area contributed by atoms with Gasteiger partial charge in [0.05, 0.1) is 16.9 Å². The second kappa shape index (κ2) is 6.50. The molecule has 0 atom stereocenters. The van der Waals surface area contributed by atoms with Gasteiger partial charge >= 0.3 is 0 Å². The van der Waals surface area contributed by atoms with Crippen LogP contribution >= 0.6 is 11.8 Å². The first kappa shape index (κ1) is 16.0. The molecule has 0 saturated carbocycles. The molecule has 5 rings (SSSR count). The molecule has 1 aliphatic rings. The van der Waals surface area contributed by atoms with Crippen LogP contribution in [0.2, 0.25) is 0 Å². The van der Waals surface area contributed by atoms with Crippen molar-refractivity contribution in [1.29, 1.82) is 5.26 Å². The fourth-order valence-corrected chi connectivity index (χ4v) is 4.68. The zero-order valence-electron chi connectivity index (χ0n) is 14.6. The van der Waals surface area contributed by atoms with Gasteiger partial charge in [0.2, 0.25) is 0 Å². The molecular formula is C24H16N2S. The molecule has 3 heteroatoms. The lowest BCUT2D eigenvalue weighted by molar-refractivity contribution is 1.17. The van der Waals surface area contributed by atoms with Gasteiger partial charge in [0, 0.05) is 9.79 Å². The molecule has 4 aromatic carbocycles. The molecule has 1 heterocycles. The summed E-state index contributed by atoms with van der Waals surface area (Å²) in [4.78, 5) is 2.29. The first-order valence-corrected chi connectivity index (χ1v) is 9.71. The molecule has 1 N–H and O–H groups in total. The zero-order chi connectivity index (χ0) is 18.2. The van der Waals surface area contributed by atoms with E-state index >= 15 is 0 Å². The highest BCUT2D eigenvalue weighted by Gasteiger charge is 2.20. The van der Waals surface area contributed by atoms with Gasteiger partial charge in [-0.1, -0.05) is 72.4 Å². The summed E-state index contributed by atoms with van der Waals surface area (Å²) in [5, 5.41) is 15.9. The van der Waals surface area contributed by atoms with Gasteiger partial charge in [-0.3, -0.25) is 0 Å². The van der Waals surface area contributed by atoms with Crippen molar-refractivity contribution in [3.8, 4) is 6.07 Å². The number of benzene rings is 4. The van der Waals surface area contributed by atoms with E-state index in [0.29, 0.717) is 0 Å². The van der Waals surface area contributed by atoms with Crippen molar-refractivity contribution in [1.82, 2.24) is 0 Å². The molecular weight excluding hydrogens is 348 g/mol. The molecule has 0 bridgehead atoms. The molecule has 27 heavy (non-hydrogen) atoms. The number of hydrogen-bond acceptors (Lipinski definition) is 3. The Morgan fingerprint density at radius 1 is 0.778 bits per heavy atom. The Labute approximate surface area is 162 Å². The minimum atomic E-state index is 0.738. The molecule has 0 aromatic heterocycles. The predicted molar refractivity (Wildman–Crippen MR) is 112 cm³/mol. The lowest BCUT2D eigenvalue weighted by atomic mass is 9.95. The highest BCUT2D eigenvalue weighted by Crippen LogP contribution is 2.46. The minimum Gasteiger partial charge on any atom is -0.353 e. The van der Waals surface area contributed by atoms with E-state index in [-0.39, 0.29) is 0 Å². The van der Waals surface area contributed by atoms with E-state index in [1.165, 1.54) is 21.2 Å². The highest BCUT2D eigenvalue weighted by molar-refractivity contribution is 7.99. The molecule has 0 fully saturated rings. The average Bonchev–Trinajstić information content (AvgIpc) is 2.72. The Bertz CT molecular complexity index is 1220. The van der Waals surface area contributed by atoms with Crippen LogP contribution in [0.1, 0.15) is 16.7 Å². The molecule has 128 valence electrons. The fraction of sp³-hybridized carbons (Fsp3) is 0.0417. The normalized spacial score (nSPS) is 12.0. The lowest BCUT2D eigenvalue weighted by Gasteiger charge is -2.23. The third-order valence-electron chi connectivity index (χ3n) is 4.99. The topological polar surface area (TPSA) is 35.8 Å². The molecule has 0 amide bonds. The highest BCUT2D eigenvalue weighted by atomic mass is 32.2. The van der Waals surface area contributed by atoms with Crippen molar-refractivity contribution in [2.45, 2.75) is 16.2 Å². The van der Waals surface area contributed by atoms with Crippen LogP contribution in [-0.2, 0) is 6.42 Å². The van der Waals surface area contributed by atoms with E-state index in [1.54, 1.807) is 11.8 Å². The lowest BCUT2D eigenvalue weighted by Crippen LogP contribution is -2.05. The van der Waals surface area contributed by atoms with Gasteiger partial charge in [0.25, 0.3) is 0 Å². The summed E-state index contributed by atoms with van der Waals surface area (Å²) in [6.07, 6.45) is 0.742.